The summed E-state index contributed by atoms with van der Waals surface area (Å²) in [6, 6.07) is 12.5. The summed E-state index contributed by atoms with van der Waals surface area (Å²) in [7, 11) is 0. The van der Waals surface area contributed by atoms with Crippen molar-refractivity contribution in [3.05, 3.63) is 70.9 Å². The number of benzene rings is 2. The fourth-order valence-corrected chi connectivity index (χ4v) is 4.83. The van der Waals surface area contributed by atoms with Crippen LogP contribution in [0.2, 0.25) is 0 Å². The molecule has 36 heavy (non-hydrogen) atoms. The summed E-state index contributed by atoms with van der Waals surface area (Å²) in [5.41, 5.74) is 1.07. The van der Waals surface area contributed by atoms with E-state index in [0.29, 0.717) is 34.2 Å². The smallest absolute Gasteiger partial charge is 0.359 e. The SMILES string of the molecule is O=c1[nH]c2ccc3c(-c4nc(N[C@H]5CCCNC5)ncc4C(F)(F)F)c[nH]c3c2n1-c1ccccc1. The number of nitrogens with zero attached hydrogens (tertiary/aromatic N) is 3. The van der Waals surface area contributed by atoms with Crippen LogP contribution in [0.1, 0.15) is 18.4 Å². The molecule has 1 atom stereocenters. The van der Waals surface area contributed by atoms with E-state index in [0.717, 1.165) is 25.6 Å². The maximum absolute atomic E-state index is 14.0. The number of rotatable bonds is 4. The maximum Gasteiger partial charge on any atom is 0.419 e. The number of halogens is 3. The Morgan fingerprint density at radius 1 is 1.11 bits per heavy atom. The minimum Gasteiger partial charge on any atom is -0.359 e. The van der Waals surface area contributed by atoms with Gasteiger partial charge in [-0.25, -0.2) is 14.8 Å². The van der Waals surface area contributed by atoms with Crippen molar-refractivity contribution in [2.45, 2.75) is 25.1 Å². The van der Waals surface area contributed by atoms with E-state index in [9.17, 15) is 18.0 Å². The second-order valence-electron chi connectivity index (χ2n) is 8.83. The minimum absolute atomic E-state index is 0.0334. The van der Waals surface area contributed by atoms with Crippen LogP contribution in [-0.4, -0.2) is 43.6 Å². The Bertz CT molecular complexity index is 1610. The standard InChI is InChI=1S/C25H22F3N7O/c26-25(27,28)18-13-31-23(32-14-5-4-10-29-11-14)34-20(18)17-12-30-21-16(17)8-9-19-22(21)35(24(36)33-19)15-6-2-1-3-7-15/h1-3,6-9,12-14,29-30H,4-5,10-11H2,(H,33,36)(H,31,32,34)/t14-/m0/s1. The van der Waals surface area contributed by atoms with Crippen molar-refractivity contribution in [3.8, 4) is 16.9 Å². The third kappa shape index (κ3) is 3.81. The third-order valence-corrected chi connectivity index (χ3v) is 6.49. The molecule has 4 heterocycles. The molecular weight excluding hydrogens is 471 g/mol. The van der Waals surface area contributed by atoms with Crippen LogP contribution in [0.3, 0.4) is 0 Å². The molecule has 0 spiro atoms. The van der Waals surface area contributed by atoms with Gasteiger partial charge in [0.1, 0.15) is 5.56 Å². The highest BCUT2D eigenvalue weighted by atomic mass is 19.4. The van der Waals surface area contributed by atoms with Crippen molar-refractivity contribution in [2.24, 2.45) is 0 Å². The molecule has 6 rings (SSSR count). The molecule has 2 aromatic carbocycles. The number of alkyl halides is 3. The van der Waals surface area contributed by atoms with Crippen LogP contribution in [0, 0.1) is 0 Å². The summed E-state index contributed by atoms with van der Waals surface area (Å²) >= 11 is 0. The number of aromatic amines is 2. The zero-order valence-corrected chi connectivity index (χ0v) is 19.0. The lowest BCUT2D eigenvalue weighted by molar-refractivity contribution is -0.137. The van der Waals surface area contributed by atoms with Crippen LogP contribution >= 0.6 is 0 Å². The van der Waals surface area contributed by atoms with E-state index in [-0.39, 0.29) is 28.9 Å². The van der Waals surface area contributed by atoms with Crippen LogP contribution < -0.4 is 16.3 Å². The monoisotopic (exact) mass is 493 g/mol. The summed E-state index contributed by atoms with van der Waals surface area (Å²) in [5.74, 6) is 0.143. The molecule has 5 aromatic rings. The Hall–Kier alpha value is -4.12. The normalized spacial score (nSPS) is 16.6. The number of nitrogens with one attached hydrogen (secondary N) is 4. The number of H-pyrrole nitrogens is 2. The van der Waals surface area contributed by atoms with Gasteiger partial charge in [-0.15, -0.1) is 0 Å². The van der Waals surface area contributed by atoms with Crippen LogP contribution in [-0.2, 0) is 6.18 Å². The van der Waals surface area contributed by atoms with Crippen molar-refractivity contribution in [1.82, 2.24) is 29.8 Å². The van der Waals surface area contributed by atoms with Crippen molar-refractivity contribution in [3.63, 3.8) is 0 Å². The molecule has 1 saturated heterocycles. The highest BCUT2D eigenvalue weighted by Gasteiger charge is 2.36. The molecule has 184 valence electrons. The van der Waals surface area contributed by atoms with Gasteiger partial charge in [0.2, 0.25) is 5.95 Å². The van der Waals surface area contributed by atoms with Gasteiger partial charge in [0.25, 0.3) is 0 Å². The number of hydrogen-bond donors (Lipinski definition) is 4. The van der Waals surface area contributed by atoms with E-state index in [1.54, 1.807) is 24.3 Å². The fraction of sp³-hybridized carbons (Fsp3) is 0.240. The lowest BCUT2D eigenvalue weighted by atomic mass is 10.0. The second kappa shape index (κ2) is 8.52. The van der Waals surface area contributed by atoms with E-state index < -0.39 is 11.7 Å². The molecule has 1 fully saturated rings. The average molecular weight is 493 g/mol. The molecule has 1 aliphatic rings. The molecule has 1 aliphatic heterocycles. The van der Waals surface area contributed by atoms with Crippen molar-refractivity contribution in [2.75, 3.05) is 18.4 Å². The van der Waals surface area contributed by atoms with Gasteiger partial charge in [-0.2, -0.15) is 13.2 Å². The predicted octanol–water partition coefficient (Wildman–Crippen LogP) is 4.44. The van der Waals surface area contributed by atoms with Crippen LogP contribution in [0.5, 0.6) is 0 Å². The maximum atomic E-state index is 14.0. The first kappa shape index (κ1) is 22.4. The van der Waals surface area contributed by atoms with Gasteiger partial charge in [-0.3, -0.25) is 4.57 Å². The zero-order chi connectivity index (χ0) is 24.9. The molecule has 0 aliphatic carbocycles. The first-order valence-corrected chi connectivity index (χ1v) is 11.6. The van der Waals surface area contributed by atoms with Crippen LogP contribution in [0.15, 0.2) is 59.7 Å². The first-order chi connectivity index (χ1) is 17.4. The summed E-state index contributed by atoms with van der Waals surface area (Å²) in [5, 5.41) is 6.94. The Labute approximate surface area is 202 Å². The topological polar surface area (TPSA) is 103 Å². The summed E-state index contributed by atoms with van der Waals surface area (Å²) in [4.78, 5) is 27.0. The summed E-state index contributed by atoms with van der Waals surface area (Å²) in [6.45, 7) is 1.60. The summed E-state index contributed by atoms with van der Waals surface area (Å²) < 4.78 is 43.5. The van der Waals surface area contributed by atoms with Crippen LogP contribution in [0.4, 0.5) is 19.1 Å². The minimum atomic E-state index is -4.64. The van der Waals surface area contributed by atoms with E-state index in [1.807, 2.05) is 18.2 Å². The number of para-hydroxylation sites is 1. The Balaban J connectivity index is 1.53. The van der Waals surface area contributed by atoms with E-state index >= 15 is 0 Å². The highest BCUT2D eigenvalue weighted by molar-refractivity contribution is 6.08. The lowest BCUT2D eigenvalue weighted by Gasteiger charge is -2.24. The first-order valence-electron chi connectivity index (χ1n) is 11.6. The Kier molecular flexibility index (Phi) is 5.29. The van der Waals surface area contributed by atoms with Gasteiger partial charge >= 0.3 is 11.9 Å². The quantitative estimate of drug-likeness (QED) is 0.296. The van der Waals surface area contributed by atoms with Crippen LogP contribution in [0.25, 0.3) is 38.9 Å². The lowest BCUT2D eigenvalue weighted by Crippen LogP contribution is -2.38. The number of piperidine rings is 1. The van der Waals surface area contributed by atoms with E-state index in [1.165, 1.54) is 10.8 Å². The second-order valence-corrected chi connectivity index (χ2v) is 8.83. The van der Waals surface area contributed by atoms with Gasteiger partial charge in [0, 0.05) is 35.9 Å². The molecule has 0 radical (unpaired) electrons. The van der Waals surface area contributed by atoms with E-state index in [2.05, 4.69) is 30.6 Å². The molecule has 11 heteroatoms. The van der Waals surface area contributed by atoms with Gasteiger partial charge in [0.05, 0.1) is 27.9 Å². The Morgan fingerprint density at radius 2 is 1.94 bits per heavy atom. The van der Waals surface area contributed by atoms with Gasteiger partial charge < -0.3 is 20.6 Å². The van der Waals surface area contributed by atoms with Crippen molar-refractivity contribution < 1.29 is 13.2 Å². The number of fused-ring (bicyclic) bond motifs is 3. The number of anilines is 1. The summed E-state index contributed by atoms with van der Waals surface area (Å²) in [6.07, 6.45) is -0.477. The van der Waals surface area contributed by atoms with Gasteiger partial charge in [-0.1, -0.05) is 18.2 Å². The van der Waals surface area contributed by atoms with Gasteiger partial charge in [-0.05, 0) is 43.7 Å². The van der Waals surface area contributed by atoms with Crippen molar-refractivity contribution in [1.29, 1.82) is 0 Å². The van der Waals surface area contributed by atoms with E-state index in [4.69, 9.17) is 0 Å². The fourth-order valence-electron chi connectivity index (χ4n) is 4.83. The molecule has 0 amide bonds. The van der Waals surface area contributed by atoms with Gasteiger partial charge in [0.15, 0.2) is 0 Å². The predicted molar refractivity (Wildman–Crippen MR) is 131 cm³/mol. The average Bonchev–Trinajstić information content (AvgIpc) is 3.44. The number of hydrogen-bond acceptors (Lipinski definition) is 5. The molecule has 4 N–H and O–H groups in total. The third-order valence-electron chi connectivity index (χ3n) is 6.49. The van der Waals surface area contributed by atoms with Crippen molar-refractivity contribution >= 4 is 27.9 Å². The highest BCUT2D eigenvalue weighted by Crippen LogP contribution is 2.40. The molecule has 8 nitrogen and oxygen atoms in total. The molecular formula is C25H22F3N7O. The Morgan fingerprint density at radius 3 is 2.69 bits per heavy atom. The zero-order valence-electron chi connectivity index (χ0n) is 19.0. The molecule has 3 aromatic heterocycles. The number of imidazole rings is 1. The molecule has 0 saturated carbocycles. The number of aromatic nitrogens is 5. The largest absolute Gasteiger partial charge is 0.419 e. The molecule has 0 bridgehead atoms. The molecule has 0 unspecified atom stereocenters.